The van der Waals surface area contributed by atoms with E-state index in [-0.39, 0.29) is 6.42 Å². The minimum Gasteiger partial charge on any atom is -0.480 e. The summed E-state index contributed by atoms with van der Waals surface area (Å²) in [6.07, 6.45) is -0.794. The molecule has 0 aliphatic heterocycles. The lowest BCUT2D eigenvalue weighted by Crippen LogP contribution is -2.65. The minimum atomic E-state index is -2.30. The van der Waals surface area contributed by atoms with Crippen LogP contribution in [0.5, 0.6) is 0 Å². The quantitative estimate of drug-likeness (QED) is 0.642. The zero-order valence-electron chi connectivity index (χ0n) is 10.9. The highest BCUT2D eigenvalue weighted by Gasteiger charge is 2.71. The van der Waals surface area contributed by atoms with Crippen molar-refractivity contribution in [1.82, 2.24) is 0 Å². The highest BCUT2D eigenvalue weighted by atomic mass is 16.4. The number of carbonyl (C=O) groups is 4. The molecule has 0 aromatic rings. The summed E-state index contributed by atoms with van der Waals surface area (Å²) >= 11 is 0. The third-order valence-corrected chi connectivity index (χ3v) is 4.76. The van der Waals surface area contributed by atoms with Crippen molar-refractivity contribution >= 4 is 23.7 Å². The van der Waals surface area contributed by atoms with E-state index in [1.165, 1.54) is 13.8 Å². The van der Waals surface area contributed by atoms with Crippen LogP contribution in [0.2, 0.25) is 0 Å². The Bertz CT molecular complexity index is 462. The molecule has 1 aliphatic rings. The summed E-state index contributed by atoms with van der Waals surface area (Å²) in [7, 11) is 0. The standard InChI is InChI=1S/C12H16O7/c1-10(2)11(3,7(14)15)6(13)4-5-12(10,8(16)17)9(18)19/h4-5H2,1-3H3,(H,14,15)(H,16,17)(H,18,19). The van der Waals surface area contributed by atoms with Gasteiger partial charge in [0.15, 0.2) is 11.2 Å². The second-order valence-corrected chi connectivity index (χ2v) is 5.49. The van der Waals surface area contributed by atoms with Gasteiger partial charge in [0, 0.05) is 11.8 Å². The van der Waals surface area contributed by atoms with Gasteiger partial charge < -0.3 is 15.3 Å². The Morgan fingerprint density at radius 2 is 1.37 bits per heavy atom. The van der Waals surface area contributed by atoms with Crippen molar-refractivity contribution in [2.24, 2.45) is 16.2 Å². The Morgan fingerprint density at radius 3 is 1.68 bits per heavy atom. The van der Waals surface area contributed by atoms with Crippen molar-refractivity contribution in [3.05, 3.63) is 0 Å². The van der Waals surface area contributed by atoms with Crippen molar-refractivity contribution in [2.45, 2.75) is 33.6 Å². The maximum Gasteiger partial charge on any atom is 0.321 e. The largest absolute Gasteiger partial charge is 0.480 e. The first-order valence-corrected chi connectivity index (χ1v) is 5.69. The highest BCUT2D eigenvalue weighted by Crippen LogP contribution is 2.58. The second-order valence-electron chi connectivity index (χ2n) is 5.49. The number of carboxylic acids is 3. The van der Waals surface area contributed by atoms with E-state index in [4.69, 9.17) is 0 Å². The van der Waals surface area contributed by atoms with Crippen molar-refractivity contribution < 1.29 is 34.5 Å². The fraction of sp³-hybridized carbons (Fsp3) is 0.667. The molecule has 0 radical (unpaired) electrons. The monoisotopic (exact) mass is 272 g/mol. The maximum atomic E-state index is 11.9. The van der Waals surface area contributed by atoms with Crippen LogP contribution in [-0.2, 0) is 19.2 Å². The van der Waals surface area contributed by atoms with Gasteiger partial charge in [-0.05, 0) is 13.3 Å². The van der Waals surface area contributed by atoms with Crippen molar-refractivity contribution in [1.29, 1.82) is 0 Å². The summed E-state index contributed by atoms with van der Waals surface area (Å²) in [5, 5.41) is 27.9. The Labute approximate surface area is 109 Å². The van der Waals surface area contributed by atoms with Crippen LogP contribution in [0.3, 0.4) is 0 Å². The fourth-order valence-electron chi connectivity index (χ4n) is 2.87. The molecule has 1 unspecified atom stereocenters. The van der Waals surface area contributed by atoms with Gasteiger partial charge in [-0.2, -0.15) is 0 Å². The molecule has 1 saturated carbocycles. The molecule has 7 nitrogen and oxygen atoms in total. The molecule has 1 fully saturated rings. The molecule has 106 valence electrons. The van der Waals surface area contributed by atoms with E-state index in [1.54, 1.807) is 0 Å². The van der Waals surface area contributed by atoms with E-state index in [1.807, 2.05) is 0 Å². The number of Topliss-reactive ketones (excluding diaryl/α,β-unsaturated/α-hetero) is 1. The molecule has 1 aliphatic carbocycles. The Kier molecular flexibility index (Phi) is 3.22. The van der Waals surface area contributed by atoms with Crippen molar-refractivity contribution in [2.75, 3.05) is 0 Å². The molecule has 0 aromatic carbocycles. The summed E-state index contributed by atoms with van der Waals surface area (Å²) in [6, 6.07) is 0. The molecule has 0 spiro atoms. The van der Waals surface area contributed by atoms with Crippen LogP contribution >= 0.6 is 0 Å². The molecular weight excluding hydrogens is 256 g/mol. The highest BCUT2D eigenvalue weighted by molar-refractivity contribution is 6.09. The van der Waals surface area contributed by atoms with E-state index < -0.39 is 46.4 Å². The number of ketones is 1. The molecule has 7 heteroatoms. The topological polar surface area (TPSA) is 129 Å². The lowest BCUT2D eigenvalue weighted by molar-refractivity contribution is -0.196. The third kappa shape index (κ3) is 1.50. The second kappa shape index (κ2) is 4.04. The normalized spacial score (nSPS) is 28.7. The summed E-state index contributed by atoms with van der Waals surface area (Å²) in [4.78, 5) is 46.3. The van der Waals surface area contributed by atoms with Crippen LogP contribution in [0.1, 0.15) is 33.6 Å². The van der Waals surface area contributed by atoms with Crippen LogP contribution in [0.4, 0.5) is 0 Å². The van der Waals surface area contributed by atoms with E-state index >= 15 is 0 Å². The van der Waals surface area contributed by atoms with Gasteiger partial charge in [0.1, 0.15) is 5.41 Å². The van der Waals surface area contributed by atoms with Gasteiger partial charge in [-0.25, -0.2) is 0 Å². The smallest absolute Gasteiger partial charge is 0.321 e. The molecule has 0 amide bonds. The van der Waals surface area contributed by atoms with Crippen LogP contribution < -0.4 is 0 Å². The first-order chi connectivity index (χ1) is 8.46. The first kappa shape index (κ1) is 15.1. The van der Waals surface area contributed by atoms with Crippen LogP contribution in [0.15, 0.2) is 0 Å². The third-order valence-electron chi connectivity index (χ3n) is 4.76. The molecular formula is C12H16O7. The zero-order valence-corrected chi connectivity index (χ0v) is 10.9. The number of hydrogen-bond acceptors (Lipinski definition) is 4. The predicted molar refractivity (Wildman–Crippen MR) is 61.5 cm³/mol. The van der Waals surface area contributed by atoms with Gasteiger partial charge in [0.05, 0.1) is 0 Å². The lowest BCUT2D eigenvalue weighted by atomic mass is 9.46. The molecule has 0 bridgehead atoms. The van der Waals surface area contributed by atoms with E-state index in [0.29, 0.717) is 0 Å². The van der Waals surface area contributed by atoms with Crippen LogP contribution in [0, 0.1) is 16.2 Å². The average molecular weight is 272 g/mol. The zero-order chi connectivity index (χ0) is 15.2. The lowest BCUT2D eigenvalue weighted by Gasteiger charge is -2.52. The maximum absolute atomic E-state index is 11.9. The van der Waals surface area contributed by atoms with Gasteiger partial charge in [-0.3, -0.25) is 19.2 Å². The van der Waals surface area contributed by atoms with Gasteiger partial charge in [0.25, 0.3) is 0 Å². The number of carboxylic acid groups (broad SMARTS) is 3. The Balaban J connectivity index is 3.65. The van der Waals surface area contributed by atoms with E-state index in [9.17, 15) is 34.5 Å². The fourth-order valence-corrected chi connectivity index (χ4v) is 2.87. The number of rotatable bonds is 3. The molecule has 19 heavy (non-hydrogen) atoms. The minimum absolute atomic E-state index is 0.384. The van der Waals surface area contributed by atoms with Crippen molar-refractivity contribution in [3.63, 3.8) is 0 Å². The van der Waals surface area contributed by atoms with Gasteiger partial charge in [-0.1, -0.05) is 13.8 Å². The van der Waals surface area contributed by atoms with E-state index in [2.05, 4.69) is 0 Å². The molecule has 0 heterocycles. The first-order valence-electron chi connectivity index (χ1n) is 5.69. The summed E-state index contributed by atoms with van der Waals surface area (Å²) < 4.78 is 0. The summed E-state index contributed by atoms with van der Waals surface area (Å²) in [6.45, 7) is 3.51. The molecule has 0 saturated heterocycles. The van der Waals surface area contributed by atoms with Crippen molar-refractivity contribution in [3.8, 4) is 0 Å². The Morgan fingerprint density at radius 1 is 0.947 bits per heavy atom. The average Bonchev–Trinajstić information content (AvgIpc) is 2.24. The van der Waals surface area contributed by atoms with Crippen LogP contribution in [0.25, 0.3) is 0 Å². The Hall–Kier alpha value is -1.92. The van der Waals surface area contributed by atoms with Gasteiger partial charge in [-0.15, -0.1) is 0 Å². The molecule has 1 rings (SSSR count). The molecule has 3 N–H and O–H groups in total. The van der Waals surface area contributed by atoms with E-state index in [0.717, 1.165) is 6.92 Å². The number of carbonyl (C=O) groups excluding carboxylic acids is 1. The number of hydrogen-bond donors (Lipinski definition) is 3. The summed E-state index contributed by atoms with van der Waals surface area (Å²) in [5.41, 5.74) is -6.12. The number of aliphatic carboxylic acids is 3. The predicted octanol–water partition coefficient (Wildman–Crippen LogP) is 0.622. The molecule has 1 atom stereocenters. The SMILES string of the molecule is CC1(C(=O)O)C(=O)CCC(C(=O)O)(C(=O)O)C1(C)C. The van der Waals surface area contributed by atoms with Gasteiger partial charge >= 0.3 is 17.9 Å². The van der Waals surface area contributed by atoms with Crippen LogP contribution in [-0.4, -0.2) is 39.0 Å². The molecule has 0 aromatic heterocycles. The summed E-state index contributed by atoms with van der Waals surface area (Å²) in [5.74, 6) is -5.40. The van der Waals surface area contributed by atoms with Gasteiger partial charge in [0.2, 0.25) is 0 Å².